The number of hydrogen-bond donors (Lipinski definition) is 1. The topological polar surface area (TPSA) is 64.7 Å². The number of aryl methyl sites for hydroxylation is 2. The Morgan fingerprint density at radius 2 is 1.81 bits per heavy atom. The summed E-state index contributed by atoms with van der Waals surface area (Å²) in [7, 11) is 0. The molecule has 2 aromatic heterocycles. The van der Waals surface area contributed by atoms with Crippen LogP contribution in [0.25, 0.3) is 0 Å². The lowest BCUT2D eigenvalue weighted by Gasteiger charge is -2.04. The second kappa shape index (κ2) is 8.37. The molecule has 0 aliphatic heterocycles. The third-order valence-electron chi connectivity index (χ3n) is 3.69. The van der Waals surface area contributed by atoms with Crippen LogP contribution in [0.4, 0.5) is 5.82 Å². The van der Waals surface area contributed by atoms with Gasteiger partial charge in [-0.3, -0.25) is 14.2 Å². The van der Waals surface area contributed by atoms with Crippen molar-refractivity contribution in [1.29, 1.82) is 0 Å². The van der Waals surface area contributed by atoms with Crippen LogP contribution in [0.3, 0.4) is 0 Å². The van der Waals surface area contributed by atoms with Gasteiger partial charge in [-0.1, -0.05) is 23.7 Å². The lowest BCUT2D eigenvalue weighted by atomic mass is 10.2. The molecule has 3 aromatic rings. The molecule has 0 aliphatic carbocycles. The molecule has 0 bridgehead atoms. The molecule has 3 rings (SSSR count). The normalized spacial score (nSPS) is 10.9. The van der Waals surface area contributed by atoms with E-state index in [2.05, 4.69) is 47.4 Å². The van der Waals surface area contributed by atoms with E-state index >= 15 is 0 Å². The summed E-state index contributed by atoms with van der Waals surface area (Å²) in [6.07, 6.45) is 4.00. The molecule has 26 heavy (non-hydrogen) atoms. The van der Waals surface area contributed by atoms with Gasteiger partial charge in [0.15, 0.2) is 5.82 Å². The van der Waals surface area contributed by atoms with Crippen LogP contribution < -0.4 is 5.32 Å². The summed E-state index contributed by atoms with van der Waals surface area (Å²) in [6, 6.07) is 7.57. The lowest BCUT2D eigenvalue weighted by molar-refractivity contribution is -0.116. The molecule has 0 fully saturated rings. The number of benzene rings is 1. The van der Waals surface area contributed by atoms with Crippen molar-refractivity contribution in [1.82, 2.24) is 19.6 Å². The first-order valence-corrected chi connectivity index (χ1v) is 9.84. The summed E-state index contributed by atoms with van der Waals surface area (Å²) in [6.45, 7) is 3.00. The third kappa shape index (κ3) is 4.96. The molecular formula is C17H16Br2ClN5O. The average molecular weight is 502 g/mol. The first-order chi connectivity index (χ1) is 12.4. The molecule has 2 heterocycles. The molecule has 9 heteroatoms. The maximum Gasteiger partial charge on any atom is 0.227 e. The average Bonchev–Trinajstić information content (AvgIpc) is 3.10. The quantitative estimate of drug-likeness (QED) is 0.535. The van der Waals surface area contributed by atoms with Crippen molar-refractivity contribution in [2.24, 2.45) is 0 Å². The zero-order chi connectivity index (χ0) is 18.7. The van der Waals surface area contributed by atoms with E-state index in [1.54, 1.807) is 9.36 Å². The molecule has 136 valence electrons. The Morgan fingerprint density at radius 1 is 1.12 bits per heavy atom. The number of amides is 1. The smallest absolute Gasteiger partial charge is 0.227 e. The number of halogens is 3. The Morgan fingerprint density at radius 3 is 2.46 bits per heavy atom. The predicted octanol–water partition coefficient (Wildman–Crippen LogP) is 4.64. The Balaban J connectivity index is 1.58. The summed E-state index contributed by atoms with van der Waals surface area (Å²) in [5.74, 6) is 0.383. The summed E-state index contributed by atoms with van der Waals surface area (Å²) < 4.78 is 5.17. The minimum Gasteiger partial charge on any atom is -0.308 e. The molecule has 6 nitrogen and oxygen atoms in total. The highest BCUT2D eigenvalue weighted by atomic mass is 79.9. The van der Waals surface area contributed by atoms with Gasteiger partial charge in [0, 0.05) is 30.4 Å². The van der Waals surface area contributed by atoms with Crippen molar-refractivity contribution in [2.45, 2.75) is 26.4 Å². The molecule has 0 radical (unpaired) electrons. The fraction of sp³-hybridized carbons (Fsp3) is 0.235. The van der Waals surface area contributed by atoms with Crippen LogP contribution in [-0.4, -0.2) is 25.5 Å². The first-order valence-electron chi connectivity index (χ1n) is 7.87. The molecular weight excluding hydrogens is 485 g/mol. The highest BCUT2D eigenvalue weighted by Crippen LogP contribution is 2.21. The molecule has 0 saturated carbocycles. The van der Waals surface area contributed by atoms with Crippen molar-refractivity contribution < 1.29 is 4.79 Å². The zero-order valence-electron chi connectivity index (χ0n) is 13.9. The van der Waals surface area contributed by atoms with Crippen molar-refractivity contribution in [3.63, 3.8) is 0 Å². The minimum atomic E-state index is -0.119. The highest BCUT2D eigenvalue weighted by molar-refractivity contribution is 9.10. The predicted molar refractivity (Wildman–Crippen MR) is 108 cm³/mol. The Kier molecular flexibility index (Phi) is 6.16. The van der Waals surface area contributed by atoms with Gasteiger partial charge < -0.3 is 5.32 Å². The number of aromatic nitrogens is 4. The van der Waals surface area contributed by atoms with Gasteiger partial charge in [0.2, 0.25) is 5.91 Å². The van der Waals surface area contributed by atoms with Gasteiger partial charge in [-0.25, -0.2) is 0 Å². The molecule has 0 unspecified atom stereocenters. The number of nitrogens with zero attached hydrogens (tertiary/aromatic N) is 4. The van der Waals surface area contributed by atoms with Crippen molar-refractivity contribution in [3.05, 3.63) is 61.9 Å². The van der Waals surface area contributed by atoms with Gasteiger partial charge in [-0.05, 0) is 56.5 Å². The standard InChI is InChI=1S/C17H16Br2ClN5O/c1-11-14(18)9-24(22-11)7-6-16(26)21-17-15(19)10-25(23-17)8-12-2-4-13(20)5-3-12/h2-5,9-10H,6-8H2,1H3,(H,21,23,26). The minimum absolute atomic E-state index is 0.119. The van der Waals surface area contributed by atoms with E-state index < -0.39 is 0 Å². The lowest BCUT2D eigenvalue weighted by Crippen LogP contribution is -2.15. The largest absolute Gasteiger partial charge is 0.308 e. The van der Waals surface area contributed by atoms with E-state index in [0.717, 1.165) is 20.2 Å². The fourth-order valence-electron chi connectivity index (χ4n) is 2.36. The second-order valence-corrected chi connectivity index (χ2v) is 7.92. The van der Waals surface area contributed by atoms with Gasteiger partial charge in [0.1, 0.15) is 0 Å². The molecule has 0 saturated heterocycles. The second-order valence-electron chi connectivity index (χ2n) is 5.77. The Hall–Kier alpha value is -1.64. The van der Waals surface area contributed by atoms with E-state index in [1.165, 1.54) is 0 Å². The van der Waals surface area contributed by atoms with E-state index in [1.807, 2.05) is 43.6 Å². The van der Waals surface area contributed by atoms with Crippen LogP contribution in [0, 0.1) is 6.92 Å². The molecule has 0 spiro atoms. The first kappa shape index (κ1) is 19.1. The Labute approximate surface area is 172 Å². The van der Waals surface area contributed by atoms with Crippen LogP contribution in [0.2, 0.25) is 5.02 Å². The number of hydrogen-bond acceptors (Lipinski definition) is 3. The van der Waals surface area contributed by atoms with Crippen molar-refractivity contribution >= 4 is 55.2 Å². The number of carbonyl (C=O) groups excluding carboxylic acids is 1. The summed E-state index contributed by atoms with van der Waals surface area (Å²) in [5.41, 5.74) is 1.97. The highest BCUT2D eigenvalue weighted by Gasteiger charge is 2.11. The molecule has 0 atom stereocenters. The number of carbonyl (C=O) groups is 1. The van der Waals surface area contributed by atoms with Gasteiger partial charge in [0.05, 0.1) is 21.2 Å². The summed E-state index contributed by atoms with van der Waals surface area (Å²) in [5, 5.41) is 12.3. The van der Waals surface area contributed by atoms with Crippen LogP contribution in [0.1, 0.15) is 17.7 Å². The van der Waals surface area contributed by atoms with E-state index in [9.17, 15) is 4.79 Å². The monoisotopic (exact) mass is 499 g/mol. The van der Waals surface area contributed by atoms with E-state index in [-0.39, 0.29) is 5.91 Å². The molecule has 1 aromatic carbocycles. The van der Waals surface area contributed by atoms with Crippen LogP contribution in [0.5, 0.6) is 0 Å². The molecule has 1 amide bonds. The summed E-state index contributed by atoms with van der Waals surface area (Å²) in [4.78, 5) is 12.2. The number of nitrogens with one attached hydrogen (secondary N) is 1. The third-order valence-corrected chi connectivity index (χ3v) is 5.30. The fourth-order valence-corrected chi connectivity index (χ4v) is 3.21. The van der Waals surface area contributed by atoms with Crippen molar-refractivity contribution in [3.8, 4) is 0 Å². The number of rotatable bonds is 6. The zero-order valence-corrected chi connectivity index (χ0v) is 17.8. The summed E-state index contributed by atoms with van der Waals surface area (Å²) >= 11 is 12.7. The van der Waals surface area contributed by atoms with Crippen molar-refractivity contribution in [2.75, 3.05) is 5.32 Å². The maximum atomic E-state index is 12.2. The van der Waals surface area contributed by atoms with Gasteiger partial charge >= 0.3 is 0 Å². The molecule has 0 aliphatic rings. The van der Waals surface area contributed by atoms with Gasteiger partial charge in [0.25, 0.3) is 0 Å². The van der Waals surface area contributed by atoms with Gasteiger partial charge in [-0.2, -0.15) is 10.2 Å². The van der Waals surface area contributed by atoms with Crippen LogP contribution in [-0.2, 0) is 17.9 Å². The number of anilines is 1. The van der Waals surface area contributed by atoms with E-state index in [4.69, 9.17) is 11.6 Å². The molecule has 1 N–H and O–H groups in total. The van der Waals surface area contributed by atoms with Crippen LogP contribution in [0.15, 0.2) is 45.6 Å². The van der Waals surface area contributed by atoms with Gasteiger partial charge in [-0.15, -0.1) is 0 Å². The van der Waals surface area contributed by atoms with Crippen LogP contribution >= 0.6 is 43.5 Å². The SMILES string of the molecule is Cc1nn(CCC(=O)Nc2nn(Cc3ccc(Cl)cc3)cc2Br)cc1Br. The van der Waals surface area contributed by atoms with E-state index in [0.29, 0.717) is 30.4 Å². The Bertz CT molecular complexity index is 900. The maximum absolute atomic E-state index is 12.2.